The number of hydrogen-bond donors (Lipinski definition) is 0. The fraction of sp³-hybridized carbons (Fsp3) is 0.421. The van der Waals surface area contributed by atoms with Crippen molar-refractivity contribution in [2.45, 2.75) is 32.4 Å². The number of furan rings is 1. The number of pyridine rings is 1. The highest BCUT2D eigenvalue weighted by molar-refractivity contribution is 5.95. The SMILES string of the molecule is Cc1occc1C(=O)N1C[C@@H]2CC[C@H](C1)N(Cc1ccccn1)C2=O. The van der Waals surface area contributed by atoms with Gasteiger partial charge in [-0.05, 0) is 38.0 Å². The van der Waals surface area contributed by atoms with Crippen molar-refractivity contribution in [2.24, 2.45) is 5.92 Å². The van der Waals surface area contributed by atoms with Crippen molar-refractivity contribution in [3.63, 3.8) is 0 Å². The molecule has 3 saturated heterocycles. The van der Waals surface area contributed by atoms with Crippen molar-refractivity contribution < 1.29 is 14.0 Å². The second-order valence-corrected chi connectivity index (χ2v) is 6.82. The summed E-state index contributed by atoms with van der Waals surface area (Å²) in [6.45, 7) is 3.35. The lowest BCUT2D eigenvalue weighted by molar-refractivity contribution is -0.140. The summed E-state index contributed by atoms with van der Waals surface area (Å²) in [6, 6.07) is 7.49. The number of carbonyl (C=O) groups excluding carboxylic acids is 2. The molecule has 6 heteroatoms. The second kappa shape index (κ2) is 6.35. The van der Waals surface area contributed by atoms with E-state index in [9.17, 15) is 9.59 Å². The maximum atomic E-state index is 12.9. The van der Waals surface area contributed by atoms with Crippen LogP contribution in [0, 0.1) is 12.8 Å². The van der Waals surface area contributed by atoms with Crippen LogP contribution in [0.1, 0.15) is 34.7 Å². The van der Waals surface area contributed by atoms with Gasteiger partial charge in [0.05, 0.1) is 30.0 Å². The van der Waals surface area contributed by atoms with Crippen molar-refractivity contribution in [1.82, 2.24) is 14.8 Å². The van der Waals surface area contributed by atoms with E-state index in [1.165, 1.54) is 6.26 Å². The van der Waals surface area contributed by atoms with E-state index in [2.05, 4.69) is 4.98 Å². The number of carbonyl (C=O) groups is 2. The average molecular weight is 339 g/mol. The van der Waals surface area contributed by atoms with Gasteiger partial charge in [0, 0.05) is 25.3 Å². The first-order chi connectivity index (χ1) is 12.1. The molecule has 2 aromatic heterocycles. The molecule has 0 aliphatic carbocycles. The van der Waals surface area contributed by atoms with Crippen LogP contribution in [-0.2, 0) is 11.3 Å². The molecule has 130 valence electrons. The Balaban J connectivity index is 1.56. The third-order valence-corrected chi connectivity index (χ3v) is 5.23. The van der Waals surface area contributed by atoms with Gasteiger partial charge in [-0.3, -0.25) is 14.6 Å². The Hall–Kier alpha value is -2.63. The van der Waals surface area contributed by atoms with Crippen LogP contribution in [0.5, 0.6) is 0 Å². The molecule has 3 aliphatic heterocycles. The minimum Gasteiger partial charge on any atom is -0.469 e. The molecule has 3 aliphatic rings. The summed E-state index contributed by atoms with van der Waals surface area (Å²) in [5.41, 5.74) is 1.47. The summed E-state index contributed by atoms with van der Waals surface area (Å²) in [5.74, 6) is 0.591. The first-order valence-corrected chi connectivity index (χ1v) is 8.67. The van der Waals surface area contributed by atoms with Gasteiger partial charge in [-0.2, -0.15) is 0 Å². The highest BCUT2D eigenvalue weighted by atomic mass is 16.3. The summed E-state index contributed by atoms with van der Waals surface area (Å²) in [6.07, 6.45) is 5.05. The van der Waals surface area contributed by atoms with Crippen LogP contribution in [0.15, 0.2) is 41.1 Å². The number of amides is 2. The summed E-state index contributed by atoms with van der Waals surface area (Å²) in [4.78, 5) is 33.8. The lowest BCUT2D eigenvalue weighted by atomic mass is 9.94. The number of fused-ring (bicyclic) bond motifs is 4. The molecule has 0 saturated carbocycles. The Morgan fingerprint density at radius 2 is 2.16 bits per heavy atom. The number of aromatic nitrogens is 1. The third kappa shape index (κ3) is 2.92. The Bertz CT molecular complexity index is 786. The second-order valence-electron chi connectivity index (χ2n) is 6.82. The van der Waals surface area contributed by atoms with Crippen molar-refractivity contribution in [3.05, 3.63) is 53.7 Å². The van der Waals surface area contributed by atoms with E-state index in [1.54, 1.807) is 19.2 Å². The molecule has 0 spiro atoms. The van der Waals surface area contributed by atoms with Crippen LogP contribution < -0.4 is 0 Å². The number of piperidine rings is 1. The van der Waals surface area contributed by atoms with E-state index >= 15 is 0 Å². The molecule has 2 bridgehead atoms. The molecule has 5 rings (SSSR count). The summed E-state index contributed by atoms with van der Waals surface area (Å²) >= 11 is 0. The lowest BCUT2D eigenvalue weighted by Gasteiger charge is -2.35. The molecule has 25 heavy (non-hydrogen) atoms. The minimum absolute atomic E-state index is 0.0457. The molecule has 0 unspecified atom stereocenters. The van der Waals surface area contributed by atoms with E-state index in [-0.39, 0.29) is 23.8 Å². The van der Waals surface area contributed by atoms with Gasteiger partial charge < -0.3 is 14.2 Å². The summed E-state index contributed by atoms with van der Waals surface area (Å²) < 4.78 is 5.27. The molecular formula is C19H21N3O3. The molecule has 0 N–H and O–H groups in total. The van der Waals surface area contributed by atoms with E-state index < -0.39 is 0 Å². The zero-order valence-electron chi connectivity index (χ0n) is 14.2. The lowest BCUT2D eigenvalue weighted by Crippen LogP contribution is -2.47. The van der Waals surface area contributed by atoms with E-state index in [1.807, 2.05) is 28.0 Å². The maximum Gasteiger partial charge on any atom is 0.257 e. The molecule has 5 heterocycles. The van der Waals surface area contributed by atoms with Gasteiger partial charge in [-0.25, -0.2) is 0 Å². The van der Waals surface area contributed by atoms with Gasteiger partial charge in [0.1, 0.15) is 5.76 Å². The van der Waals surface area contributed by atoms with Gasteiger partial charge in [0.2, 0.25) is 5.91 Å². The van der Waals surface area contributed by atoms with Gasteiger partial charge in [0.15, 0.2) is 0 Å². The maximum absolute atomic E-state index is 12.9. The zero-order chi connectivity index (χ0) is 17.4. The Morgan fingerprint density at radius 3 is 2.88 bits per heavy atom. The highest BCUT2D eigenvalue weighted by Gasteiger charge is 2.42. The van der Waals surface area contributed by atoms with Gasteiger partial charge in [-0.15, -0.1) is 0 Å². The largest absolute Gasteiger partial charge is 0.469 e. The number of hydrogen-bond acceptors (Lipinski definition) is 4. The minimum atomic E-state index is -0.126. The fourth-order valence-electron chi connectivity index (χ4n) is 3.86. The molecule has 6 nitrogen and oxygen atoms in total. The van der Waals surface area contributed by atoms with Gasteiger partial charge in [0.25, 0.3) is 5.91 Å². The summed E-state index contributed by atoms with van der Waals surface area (Å²) in [7, 11) is 0. The first-order valence-electron chi connectivity index (χ1n) is 8.67. The smallest absolute Gasteiger partial charge is 0.257 e. The fourth-order valence-corrected chi connectivity index (χ4v) is 3.86. The zero-order valence-corrected chi connectivity index (χ0v) is 14.2. The van der Waals surface area contributed by atoms with Crippen LogP contribution in [0.2, 0.25) is 0 Å². The van der Waals surface area contributed by atoms with Crippen molar-refractivity contribution in [1.29, 1.82) is 0 Å². The van der Waals surface area contributed by atoms with Crippen molar-refractivity contribution in [2.75, 3.05) is 13.1 Å². The molecule has 0 aromatic carbocycles. The van der Waals surface area contributed by atoms with Crippen LogP contribution in [0.3, 0.4) is 0 Å². The standard InChI is InChI=1S/C19H21N3O3/c1-13-17(7-9-25-13)19(24)21-10-14-5-6-16(12-21)22(18(14)23)11-15-4-2-3-8-20-15/h2-4,7-9,14,16H,5-6,10-12H2,1H3/t14-,16+/m0/s1. The van der Waals surface area contributed by atoms with Crippen LogP contribution in [0.4, 0.5) is 0 Å². The molecule has 0 radical (unpaired) electrons. The molecule has 2 atom stereocenters. The Labute approximate surface area is 146 Å². The number of aryl methyl sites for hydroxylation is 1. The molecule has 3 fully saturated rings. The van der Waals surface area contributed by atoms with Crippen molar-refractivity contribution in [3.8, 4) is 0 Å². The highest BCUT2D eigenvalue weighted by Crippen LogP contribution is 2.31. The Kier molecular flexibility index (Phi) is 4.03. The number of nitrogens with zero attached hydrogens (tertiary/aromatic N) is 3. The van der Waals surface area contributed by atoms with Crippen molar-refractivity contribution >= 4 is 11.8 Å². The van der Waals surface area contributed by atoms with E-state index in [0.717, 1.165) is 18.5 Å². The predicted molar refractivity (Wildman–Crippen MR) is 90.6 cm³/mol. The van der Waals surface area contributed by atoms with Crippen LogP contribution in [-0.4, -0.2) is 45.7 Å². The Morgan fingerprint density at radius 1 is 1.28 bits per heavy atom. The molecule has 2 amide bonds. The van der Waals surface area contributed by atoms with E-state index in [0.29, 0.717) is 31.0 Å². The monoisotopic (exact) mass is 339 g/mol. The number of rotatable bonds is 3. The quantitative estimate of drug-likeness (QED) is 0.860. The molecule has 2 aromatic rings. The van der Waals surface area contributed by atoms with Gasteiger partial charge in [-0.1, -0.05) is 6.07 Å². The van der Waals surface area contributed by atoms with Crippen LogP contribution >= 0.6 is 0 Å². The predicted octanol–water partition coefficient (Wildman–Crippen LogP) is 2.25. The van der Waals surface area contributed by atoms with Gasteiger partial charge >= 0.3 is 0 Å². The molecular weight excluding hydrogens is 318 g/mol. The normalized spacial score (nSPS) is 23.0. The first kappa shape index (κ1) is 15.9. The average Bonchev–Trinajstić information content (AvgIpc) is 2.87. The van der Waals surface area contributed by atoms with Crippen LogP contribution in [0.25, 0.3) is 0 Å². The van der Waals surface area contributed by atoms with E-state index in [4.69, 9.17) is 4.42 Å². The summed E-state index contributed by atoms with van der Waals surface area (Å²) in [5, 5.41) is 0. The topological polar surface area (TPSA) is 66.7 Å². The third-order valence-electron chi connectivity index (χ3n) is 5.23.